The summed E-state index contributed by atoms with van der Waals surface area (Å²) in [6.07, 6.45) is 0. The Bertz CT molecular complexity index is 1170. The van der Waals surface area contributed by atoms with E-state index < -0.39 is 40.2 Å². The van der Waals surface area contributed by atoms with Crippen molar-refractivity contribution < 1.29 is 31.9 Å². The first-order valence-electron chi connectivity index (χ1n) is 11.4. The Balaban J connectivity index is 1.96. The molecule has 1 aliphatic heterocycles. The topological polar surface area (TPSA) is 105 Å². The van der Waals surface area contributed by atoms with Gasteiger partial charge in [-0.2, -0.15) is 0 Å². The molecule has 0 aliphatic carbocycles. The molecule has 3 rings (SSSR count). The summed E-state index contributed by atoms with van der Waals surface area (Å²) in [5, 5.41) is 2.65. The van der Waals surface area contributed by atoms with Gasteiger partial charge < -0.3 is 19.7 Å². The van der Waals surface area contributed by atoms with Gasteiger partial charge in [-0.15, -0.1) is 0 Å². The second-order valence-corrected chi connectivity index (χ2v) is 10.1. The molecule has 1 aliphatic rings. The minimum absolute atomic E-state index is 0.203. The van der Waals surface area contributed by atoms with E-state index in [4.69, 9.17) is 9.47 Å². The Hall–Kier alpha value is -3.34. The van der Waals surface area contributed by atoms with Crippen LogP contribution in [0.5, 0.6) is 11.5 Å². The monoisotopic (exact) mass is 507 g/mol. The molecule has 0 saturated heterocycles. The van der Waals surface area contributed by atoms with Gasteiger partial charge in [0.15, 0.2) is 11.5 Å². The van der Waals surface area contributed by atoms with Crippen LogP contribution in [0.25, 0.3) is 0 Å². The molecule has 1 N–H and O–H groups in total. The smallest absolute Gasteiger partial charge is 0.244 e. The molecular formula is C24H30FN3O6S. The summed E-state index contributed by atoms with van der Waals surface area (Å²) in [6.45, 7) is 5.00. The van der Waals surface area contributed by atoms with Crippen LogP contribution in [0.4, 0.5) is 10.1 Å². The SMILES string of the molecule is CCNC(=O)[C@@H](C)N(Cc1ccccc1F)C(=O)CN(c1ccc2c(c1)OCCO2)S(=O)(=O)CC. The van der Waals surface area contributed by atoms with E-state index in [-0.39, 0.29) is 23.5 Å². The lowest BCUT2D eigenvalue weighted by Gasteiger charge is -2.32. The molecule has 0 unspecified atom stereocenters. The van der Waals surface area contributed by atoms with Crippen LogP contribution in [0.15, 0.2) is 42.5 Å². The first-order chi connectivity index (χ1) is 16.7. The Labute approximate surface area is 204 Å². The zero-order valence-electron chi connectivity index (χ0n) is 20.0. The van der Waals surface area contributed by atoms with Crippen molar-refractivity contribution in [1.29, 1.82) is 0 Å². The third-order valence-electron chi connectivity index (χ3n) is 5.61. The van der Waals surface area contributed by atoms with Crippen molar-refractivity contribution in [2.45, 2.75) is 33.4 Å². The van der Waals surface area contributed by atoms with Gasteiger partial charge in [0.05, 0.1) is 11.4 Å². The summed E-state index contributed by atoms with van der Waals surface area (Å²) < 4.78 is 52.4. The zero-order valence-corrected chi connectivity index (χ0v) is 20.8. The van der Waals surface area contributed by atoms with Crippen molar-refractivity contribution >= 4 is 27.5 Å². The first-order valence-corrected chi connectivity index (χ1v) is 13.0. The summed E-state index contributed by atoms with van der Waals surface area (Å²) in [5.74, 6) is -1.02. The molecule has 1 atom stereocenters. The van der Waals surface area contributed by atoms with E-state index >= 15 is 0 Å². The van der Waals surface area contributed by atoms with Gasteiger partial charge in [-0.25, -0.2) is 12.8 Å². The predicted molar refractivity (Wildman–Crippen MR) is 129 cm³/mol. The molecule has 0 saturated carbocycles. The second kappa shape index (κ2) is 11.4. The number of nitrogens with one attached hydrogen (secondary N) is 1. The largest absolute Gasteiger partial charge is 0.486 e. The van der Waals surface area contributed by atoms with Crippen LogP contribution in [0.1, 0.15) is 26.3 Å². The molecule has 2 aromatic carbocycles. The number of sulfonamides is 1. The van der Waals surface area contributed by atoms with Gasteiger partial charge in [0.25, 0.3) is 0 Å². The summed E-state index contributed by atoms with van der Waals surface area (Å²) in [6, 6.07) is 9.58. The quantitative estimate of drug-likeness (QED) is 0.529. The predicted octanol–water partition coefficient (Wildman–Crippen LogP) is 2.31. The molecule has 11 heteroatoms. The molecule has 9 nitrogen and oxygen atoms in total. The highest BCUT2D eigenvalue weighted by Crippen LogP contribution is 2.35. The van der Waals surface area contributed by atoms with Crippen molar-refractivity contribution in [3.05, 3.63) is 53.8 Å². The molecule has 0 spiro atoms. The van der Waals surface area contributed by atoms with Crippen molar-refractivity contribution in [2.24, 2.45) is 0 Å². The number of carbonyl (C=O) groups is 2. The summed E-state index contributed by atoms with van der Waals surface area (Å²) in [5.41, 5.74) is 0.433. The Morgan fingerprint density at radius 2 is 1.77 bits per heavy atom. The van der Waals surface area contributed by atoms with E-state index in [1.54, 1.807) is 19.1 Å². The highest BCUT2D eigenvalue weighted by molar-refractivity contribution is 7.92. The number of likely N-dealkylation sites (N-methyl/N-ethyl adjacent to an activating group) is 1. The fraction of sp³-hybridized carbons (Fsp3) is 0.417. The van der Waals surface area contributed by atoms with Crippen LogP contribution in [0, 0.1) is 5.82 Å². The van der Waals surface area contributed by atoms with Crippen LogP contribution in [0.3, 0.4) is 0 Å². The maximum Gasteiger partial charge on any atom is 0.244 e. The molecule has 0 fully saturated rings. The summed E-state index contributed by atoms with van der Waals surface area (Å²) in [7, 11) is -3.89. The molecule has 0 bridgehead atoms. The number of amides is 2. The van der Waals surface area contributed by atoms with Crippen LogP contribution < -0.4 is 19.1 Å². The number of fused-ring (bicyclic) bond motifs is 1. The highest BCUT2D eigenvalue weighted by atomic mass is 32.2. The third-order valence-corrected chi connectivity index (χ3v) is 7.35. The van der Waals surface area contributed by atoms with Crippen LogP contribution in [-0.2, 0) is 26.2 Å². The number of ether oxygens (including phenoxy) is 2. The average Bonchev–Trinajstić information content (AvgIpc) is 2.86. The van der Waals surface area contributed by atoms with E-state index in [0.717, 1.165) is 4.31 Å². The van der Waals surface area contributed by atoms with Crippen molar-refractivity contribution in [1.82, 2.24) is 10.2 Å². The van der Waals surface area contributed by atoms with Crippen molar-refractivity contribution in [2.75, 3.05) is 36.4 Å². The third kappa shape index (κ3) is 6.21. The molecule has 35 heavy (non-hydrogen) atoms. The van der Waals surface area contributed by atoms with Gasteiger partial charge in [-0.05, 0) is 39.0 Å². The fourth-order valence-corrected chi connectivity index (χ4v) is 4.68. The molecule has 190 valence electrons. The van der Waals surface area contributed by atoms with Gasteiger partial charge in [0.1, 0.15) is 31.6 Å². The maximum absolute atomic E-state index is 14.4. The molecule has 0 radical (unpaired) electrons. The fourth-order valence-electron chi connectivity index (χ4n) is 3.62. The van der Waals surface area contributed by atoms with Crippen LogP contribution in [0.2, 0.25) is 0 Å². The van der Waals surface area contributed by atoms with E-state index in [2.05, 4.69) is 5.32 Å². The van der Waals surface area contributed by atoms with E-state index in [9.17, 15) is 22.4 Å². The number of benzene rings is 2. The zero-order chi connectivity index (χ0) is 25.6. The van der Waals surface area contributed by atoms with Gasteiger partial charge in [-0.3, -0.25) is 13.9 Å². The molecule has 0 aromatic heterocycles. The van der Waals surface area contributed by atoms with Gasteiger partial charge in [0, 0.05) is 24.7 Å². The van der Waals surface area contributed by atoms with Gasteiger partial charge >= 0.3 is 0 Å². The van der Waals surface area contributed by atoms with E-state index in [1.165, 1.54) is 49.1 Å². The van der Waals surface area contributed by atoms with Crippen molar-refractivity contribution in [3.63, 3.8) is 0 Å². The lowest BCUT2D eigenvalue weighted by Crippen LogP contribution is -2.51. The number of nitrogens with zero attached hydrogens (tertiary/aromatic N) is 2. The second-order valence-electron chi connectivity index (χ2n) is 7.92. The number of rotatable bonds is 10. The van der Waals surface area contributed by atoms with E-state index in [1.807, 2.05) is 0 Å². The molecular weight excluding hydrogens is 477 g/mol. The van der Waals surface area contributed by atoms with Crippen LogP contribution in [-0.4, -0.2) is 63.2 Å². The Kier molecular flexibility index (Phi) is 8.55. The first kappa shape index (κ1) is 26.3. The van der Waals surface area contributed by atoms with Crippen LogP contribution >= 0.6 is 0 Å². The summed E-state index contributed by atoms with van der Waals surface area (Å²) in [4.78, 5) is 27.3. The molecule has 2 amide bonds. The standard InChI is InChI=1S/C24H30FN3O6S/c1-4-26-24(30)17(3)27(15-18-8-6-7-9-20(18)25)23(29)16-28(35(31,32)5-2)19-10-11-21-22(14-19)34-13-12-33-21/h6-11,14,17H,4-5,12-13,15-16H2,1-3H3,(H,26,30)/t17-/m1/s1. The minimum Gasteiger partial charge on any atom is -0.486 e. The number of carbonyl (C=O) groups excluding carboxylic acids is 2. The maximum atomic E-state index is 14.4. The molecule has 1 heterocycles. The normalized spacial score (nSPS) is 13.6. The van der Waals surface area contributed by atoms with E-state index in [0.29, 0.717) is 31.3 Å². The van der Waals surface area contributed by atoms with Gasteiger partial charge in [0.2, 0.25) is 21.8 Å². The number of anilines is 1. The Morgan fingerprint density at radius 1 is 1.09 bits per heavy atom. The number of hydrogen-bond donors (Lipinski definition) is 1. The number of halogens is 1. The lowest BCUT2D eigenvalue weighted by molar-refractivity contribution is -0.139. The molecule has 2 aromatic rings. The van der Waals surface area contributed by atoms with Crippen molar-refractivity contribution in [3.8, 4) is 11.5 Å². The van der Waals surface area contributed by atoms with Gasteiger partial charge in [-0.1, -0.05) is 18.2 Å². The average molecular weight is 508 g/mol. The highest BCUT2D eigenvalue weighted by Gasteiger charge is 2.31. The lowest BCUT2D eigenvalue weighted by atomic mass is 10.1. The minimum atomic E-state index is -3.89. The number of hydrogen-bond acceptors (Lipinski definition) is 6. The summed E-state index contributed by atoms with van der Waals surface area (Å²) >= 11 is 0. The Morgan fingerprint density at radius 3 is 2.43 bits per heavy atom.